The fraction of sp³-hybridized carbons (Fsp3) is 0.583. The number of hydrogen-bond donors (Lipinski definition) is 2. The number of rotatable bonds is 6. The molecule has 0 amide bonds. The molecule has 0 aliphatic heterocycles. The summed E-state index contributed by atoms with van der Waals surface area (Å²) < 4.78 is 0. The Kier molecular flexibility index (Phi) is 6.45. The highest BCUT2D eigenvalue weighted by Crippen LogP contribution is 2.48. The molecule has 0 atom stereocenters. The van der Waals surface area contributed by atoms with Crippen molar-refractivity contribution in [2.75, 3.05) is 11.5 Å². The van der Waals surface area contributed by atoms with Crippen LogP contribution in [0.1, 0.15) is 99.3 Å². The first kappa shape index (κ1) is 19.1. The summed E-state index contributed by atoms with van der Waals surface area (Å²) >= 11 is 0. The van der Waals surface area contributed by atoms with Gasteiger partial charge in [0.25, 0.3) is 0 Å². The smallest absolute Gasteiger partial charge is 0.0408 e. The third kappa shape index (κ3) is 3.70. The van der Waals surface area contributed by atoms with Crippen molar-refractivity contribution < 1.29 is 0 Å². The van der Waals surface area contributed by atoms with Gasteiger partial charge in [0, 0.05) is 16.9 Å². The third-order valence-corrected chi connectivity index (χ3v) is 6.52. The molecule has 0 spiro atoms. The Hall–Kier alpha value is -1.70. The predicted octanol–water partition coefficient (Wildman–Crippen LogP) is 6.40. The number of hydrogen-bond acceptors (Lipinski definition) is 2. The van der Waals surface area contributed by atoms with Crippen LogP contribution in [0.4, 0.5) is 11.4 Å². The van der Waals surface area contributed by atoms with E-state index in [-0.39, 0.29) is 0 Å². The highest BCUT2D eigenvalue weighted by Gasteiger charge is 2.30. The normalized spacial score (nSPS) is 19.5. The molecule has 2 fully saturated rings. The molecule has 0 unspecified atom stereocenters. The molecule has 1 aromatic rings. The summed E-state index contributed by atoms with van der Waals surface area (Å²) in [6.45, 7) is 4.20. The van der Waals surface area contributed by atoms with Crippen LogP contribution in [0.5, 0.6) is 0 Å². The van der Waals surface area contributed by atoms with Crippen LogP contribution in [-0.4, -0.2) is 0 Å². The monoisotopic (exact) mass is 352 g/mol. The third-order valence-electron chi connectivity index (χ3n) is 6.52. The Morgan fingerprint density at radius 3 is 1.46 bits per heavy atom. The lowest BCUT2D eigenvalue weighted by Crippen LogP contribution is -2.15. The van der Waals surface area contributed by atoms with E-state index in [1.807, 2.05) is 0 Å². The van der Waals surface area contributed by atoms with E-state index < -0.39 is 0 Å². The van der Waals surface area contributed by atoms with Gasteiger partial charge in [0.15, 0.2) is 0 Å². The van der Waals surface area contributed by atoms with Crippen molar-refractivity contribution in [3.8, 4) is 0 Å². The molecule has 0 heterocycles. The lowest BCUT2D eigenvalue weighted by Gasteiger charge is -2.28. The lowest BCUT2D eigenvalue weighted by molar-refractivity contribution is 0.698. The Labute approximate surface area is 159 Å². The molecule has 0 bridgehead atoms. The van der Waals surface area contributed by atoms with E-state index in [0.717, 1.165) is 24.2 Å². The first-order valence-electron chi connectivity index (χ1n) is 10.6. The van der Waals surface area contributed by atoms with Crippen LogP contribution < -0.4 is 11.5 Å². The Morgan fingerprint density at radius 1 is 0.692 bits per heavy atom. The maximum absolute atomic E-state index is 6.84. The molecule has 2 aliphatic carbocycles. The minimum atomic E-state index is 0.557. The maximum Gasteiger partial charge on any atom is 0.0408 e. The van der Waals surface area contributed by atoms with E-state index in [9.17, 15) is 0 Å². The summed E-state index contributed by atoms with van der Waals surface area (Å²) in [5, 5.41) is 0. The van der Waals surface area contributed by atoms with Gasteiger partial charge in [0.1, 0.15) is 0 Å². The molecule has 1 aromatic carbocycles. The molecule has 0 aromatic heterocycles. The summed E-state index contributed by atoms with van der Waals surface area (Å²) in [4.78, 5) is 0. The van der Waals surface area contributed by atoms with Crippen molar-refractivity contribution in [1.29, 1.82) is 0 Å². The number of allylic oxidation sites excluding steroid dienone is 4. The van der Waals surface area contributed by atoms with E-state index in [4.69, 9.17) is 11.5 Å². The summed E-state index contributed by atoms with van der Waals surface area (Å²) in [5.41, 5.74) is 21.2. The quantitative estimate of drug-likeness (QED) is 0.459. The minimum absolute atomic E-state index is 0.557. The second kappa shape index (κ2) is 8.79. The molecule has 2 saturated carbocycles. The zero-order valence-corrected chi connectivity index (χ0v) is 16.7. The predicted molar refractivity (Wildman–Crippen MR) is 115 cm³/mol. The van der Waals surface area contributed by atoms with Crippen LogP contribution in [0, 0.1) is 0 Å². The number of benzene rings is 1. The molecule has 2 nitrogen and oxygen atoms in total. The Balaban J connectivity index is 2.21. The summed E-state index contributed by atoms with van der Waals surface area (Å²) in [6.07, 6.45) is 21.0. The van der Waals surface area contributed by atoms with E-state index in [2.05, 4.69) is 38.2 Å². The molecule has 0 saturated heterocycles. The largest absolute Gasteiger partial charge is 0.398 e. The lowest BCUT2D eigenvalue weighted by atomic mass is 9.79. The summed E-state index contributed by atoms with van der Waals surface area (Å²) in [6, 6.07) is 0. The van der Waals surface area contributed by atoms with E-state index >= 15 is 0 Å². The highest BCUT2D eigenvalue weighted by molar-refractivity contribution is 5.75. The Morgan fingerprint density at radius 2 is 1.08 bits per heavy atom. The molecule has 0 radical (unpaired) electrons. The van der Waals surface area contributed by atoms with Crippen LogP contribution in [0.2, 0.25) is 0 Å². The van der Waals surface area contributed by atoms with Crippen molar-refractivity contribution in [2.24, 2.45) is 0 Å². The highest BCUT2D eigenvalue weighted by atomic mass is 14.7. The molecular formula is C24H36N2. The SMILES string of the molecule is CC=CCc1c(N)c(C2CCCC2)c(N)c(CC=CC)c1C1CCCC1. The van der Waals surface area contributed by atoms with Crippen molar-refractivity contribution in [3.05, 3.63) is 46.6 Å². The topological polar surface area (TPSA) is 52.0 Å². The van der Waals surface area contributed by atoms with Gasteiger partial charge < -0.3 is 11.5 Å². The van der Waals surface area contributed by atoms with Gasteiger partial charge in [0.05, 0.1) is 0 Å². The summed E-state index contributed by atoms with van der Waals surface area (Å²) in [7, 11) is 0. The summed E-state index contributed by atoms with van der Waals surface area (Å²) in [5.74, 6) is 1.19. The average molecular weight is 353 g/mol. The number of anilines is 2. The first-order chi connectivity index (χ1) is 12.7. The molecule has 26 heavy (non-hydrogen) atoms. The van der Waals surface area contributed by atoms with E-state index in [1.165, 1.54) is 73.6 Å². The zero-order valence-electron chi connectivity index (χ0n) is 16.7. The zero-order chi connectivity index (χ0) is 18.5. The van der Waals surface area contributed by atoms with Gasteiger partial charge in [-0.25, -0.2) is 0 Å². The standard InChI is InChI=1S/C24H36N2/c1-3-5-15-19-21(17-11-7-8-12-17)20(16-6-4-2)24(26)22(23(19)25)18-13-9-10-14-18/h3-6,17-18H,7-16,25-26H2,1-2H3. The average Bonchev–Trinajstić information content (AvgIpc) is 3.34. The van der Waals surface area contributed by atoms with Crippen LogP contribution in [-0.2, 0) is 12.8 Å². The van der Waals surface area contributed by atoms with Gasteiger partial charge in [-0.2, -0.15) is 0 Å². The molecule has 2 aliphatic rings. The molecule has 2 heteroatoms. The second-order valence-corrected chi connectivity index (χ2v) is 8.12. The van der Waals surface area contributed by atoms with E-state index in [1.54, 1.807) is 0 Å². The van der Waals surface area contributed by atoms with Gasteiger partial charge in [0.2, 0.25) is 0 Å². The fourth-order valence-electron chi connectivity index (χ4n) is 5.22. The van der Waals surface area contributed by atoms with Gasteiger partial charge in [-0.1, -0.05) is 50.0 Å². The molecular weight excluding hydrogens is 316 g/mol. The Bertz CT molecular complexity index is 631. The van der Waals surface area contributed by atoms with Gasteiger partial charge in [-0.05, 0) is 80.9 Å². The van der Waals surface area contributed by atoms with Crippen LogP contribution in [0.25, 0.3) is 0 Å². The van der Waals surface area contributed by atoms with E-state index in [0.29, 0.717) is 11.8 Å². The van der Waals surface area contributed by atoms with Crippen molar-refractivity contribution >= 4 is 11.4 Å². The molecule has 142 valence electrons. The van der Waals surface area contributed by atoms with Crippen molar-refractivity contribution in [2.45, 2.75) is 89.9 Å². The maximum atomic E-state index is 6.84. The molecule has 3 rings (SSSR count). The number of nitrogens with two attached hydrogens (primary N) is 2. The fourth-order valence-corrected chi connectivity index (χ4v) is 5.22. The van der Waals surface area contributed by atoms with Crippen molar-refractivity contribution in [1.82, 2.24) is 0 Å². The minimum Gasteiger partial charge on any atom is -0.398 e. The van der Waals surface area contributed by atoms with Gasteiger partial charge >= 0.3 is 0 Å². The first-order valence-corrected chi connectivity index (χ1v) is 10.6. The van der Waals surface area contributed by atoms with Crippen LogP contribution >= 0.6 is 0 Å². The number of nitrogen functional groups attached to an aromatic ring is 2. The van der Waals surface area contributed by atoms with Crippen LogP contribution in [0.15, 0.2) is 24.3 Å². The van der Waals surface area contributed by atoms with Crippen LogP contribution in [0.3, 0.4) is 0 Å². The van der Waals surface area contributed by atoms with Gasteiger partial charge in [-0.3, -0.25) is 0 Å². The van der Waals surface area contributed by atoms with Gasteiger partial charge in [-0.15, -0.1) is 0 Å². The van der Waals surface area contributed by atoms with Crippen molar-refractivity contribution in [3.63, 3.8) is 0 Å². The molecule has 4 N–H and O–H groups in total. The second-order valence-electron chi connectivity index (χ2n) is 8.12.